The van der Waals surface area contributed by atoms with Crippen molar-refractivity contribution in [3.63, 3.8) is 0 Å². The zero-order valence-corrected chi connectivity index (χ0v) is 20.1. The summed E-state index contributed by atoms with van der Waals surface area (Å²) in [6.45, 7) is 13.5. The number of carbonyl (C=O) groups is 3. The molecule has 0 aromatic carbocycles. The van der Waals surface area contributed by atoms with E-state index >= 15 is 0 Å². The largest absolute Gasteiger partial charge is 0.479 e. The third-order valence-corrected chi connectivity index (χ3v) is 4.26. The number of aromatic nitrogens is 2. The summed E-state index contributed by atoms with van der Waals surface area (Å²) in [5.74, 6) is -3.19. The molecule has 0 atom stereocenters. The first kappa shape index (κ1) is 28.6. The van der Waals surface area contributed by atoms with Crippen molar-refractivity contribution in [2.45, 2.75) is 61.4 Å². The van der Waals surface area contributed by atoms with Gasteiger partial charge in [-0.2, -0.15) is 0 Å². The van der Waals surface area contributed by atoms with Crippen molar-refractivity contribution in [2.24, 2.45) is 5.73 Å². The normalized spacial score (nSPS) is 10.8. The van der Waals surface area contributed by atoms with Gasteiger partial charge in [0.05, 0.1) is 16.5 Å². The van der Waals surface area contributed by atoms with Gasteiger partial charge in [-0.1, -0.05) is 52.8 Å². The van der Waals surface area contributed by atoms with Crippen molar-refractivity contribution in [3.8, 4) is 5.88 Å². The Labute approximate surface area is 189 Å². The second-order valence-corrected chi connectivity index (χ2v) is 6.11. The Morgan fingerprint density at radius 3 is 2.34 bits per heavy atom. The number of nitrogens with two attached hydrogens (primary N) is 1. The number of fused-ring (bicyclic) bond motifs is 1. The van der Waals surface area contributed by atoms with Gasteiger partial charge in [0.2, 0.25) is 5.88 Å². The molecule has 2 heterocycles. The van der Waals surface area contributed by atoms with Crippen LogP contribution in [0.2, 0.25) is 0 Å². The molecule has 0 fully saturated rings. The van der Waals surface area contributed by atoms with E-state index in [1.165, 1.54) is 6.20 Å². The van der Waals surface area contributed by atoms with Gasteiger partial charge in [-0.3, -0.25) is 9.59 Å². The van der Waals surface area contributed by atoms with Crippen LogP contribution in [0.1, 0.15) is 64.0 Å². The second kappa shape index (κ2) is 14.6. The molecule has 2 aromatic rings. The number of pyridine rings is 1. The number of Topliss-reactive ketones (excluding diaryl/α,β-unsaturated/α-hetero) is 1. The van der Waals surface area contributed by atoms with Crippen LogP contribution in [0.5, 0.6) is 5.88 Å². The Kier molecular flexibility index (Phi) is 13.0. The van der Waals surface area contributed by atoms with E-state index in [0.717, 1.165) is 12.0 Å². The van der Waals surface area contributed by atoms with Gasteiger partial charge in [-0.05, 0) is 31.9 Å². The molecule has 0 aliphatic carbocycles. The van der Waals surface area contributed by atoms with E-state index in [4.69, 9.17) is 15.6 Å². The van der Waals surface area contributed by atoms with E-state index in [9.17, 15) is 14.4 Å². The average molecular weight is 446 g/mol. The SMILES string of the molecule is C/C=C(\C=C/CC)Cn1c(C)c(C(=O)C(N)=O)c2c(OCC(=O)O)nccc21.CC.CC. The molecule has 0 bridgehead atoms. The molecule has 0 aliphatic heterocycles. The van der Waals surface area contributed by atoms with Crippen molar-refractivity contribution in [3.05, 3.63) is 47.3 Å². The van der Waals surface area contributed by atoms with Crippen molar-refractivity contribution in [1.82, 2.24) is 9.55 Å². The van der Waals surface area contributed by atoms with Crippen molar-refractivity contribution in [1.29, 1.82) is 0 Å². The van der Waals surface area contributed by atoms with Crippen molar-refractivity contribution in [2.75, 3.05) is 6.61 Å². The zero-order valence-electron chi connectivity index (χ0n) is 20.1. The molecule has 176 valence electrons. The zero-order chi connectivity index (χ0) is 24.8. The lowest BCUT2D eigenvalue weighted by Crippen LogP contribution is -2.24. The van der Waals surface area contributed by atoms with Crippen LogP contribution in [0.15, 0.2) is 36.1 Å². The lowest BCUT2D eigenvalue weighted by molar-refractivity contribution is -0.139. The number of hydrogen-bond donors (Lipinski definition) is 2. The fourth-order valence-corrected chi connectivity index (χ4v) is 2.93. The molecule has 2 rings (SSSR count). The van der Waals surface area contributed by atoms with Crippen LogP contribution in [0.3, 0.4) is 0 Å². The van der Waals surface area contributed by atoms with E-state index in [1.54, 1.807) is 13.0 Å². The Balaban J connectivity index is 0.00000227. The monoisotopic (exact) mass is 445 g/mol. The minimum absolute atomic E-state index is 0.0301. The van der Waals surface area contributed by atoms with Gasteiger partial charge in [0.25, 0.3) is 11.7 Å². The maximum atomic E-state index is 12.5. The summed E-state index contributed by atoms with van der Waals surface area (Å²) in [7, 11) is 0. The number of carbonyl (C=O) groups excluding carboxylic acids is 2. The van der Waals surface area contributed by atoms with Crippen molar-refractivity contribution >= 4 is 28.6 Å². The minimum atomic E-state index is -1.18. The summed E-state index contributed by atoms with van der Waals surface area (Å²) in [6.07, 6.45) is 8.31. The number of rotatable bonds is 9. The van der Waals surface area contributed by atoms with Gasteiger partial charge in [0.1, 0.15) is 0 Å². The Hall–Kier alpha value is -3.42. The Morgan fingerprint density at radius 2 is 1.84 bits per heavy atom. The summed E-state index contributed by atoms with van der Waals surface area (Å²) < 4.78 is 7.12. The number of allylic oxidation sites excluding steroid dienone is 4. The predicted molar refractivity (Wildman–Crippen MR) is 127 cm³/mol. The smallest absolute Gasteiger partial charge is 0.341 e. The van der Waals surface area contributed by atoms with Gasteiger partial charge >= 0.3 is 5.97 Å². The summed E-state index contributed by atoms with van der Waals surface area (Å²) in [6, 6.07) is 1.69. The number of nitrogens with zero attached hydrogens (tertiary/aromatic N) is 2. The lowest BCUT2D eigenvalue weighted by atomic mass is 10.1. The van der Waals surface area contributed by atoms with Crippen LogP contribution in [-0.4, -0.2) is 38.9 Å². The number of carboxylic acids is 1. The molecule has 32 heavy (non-hydrogen) atoms. The van der Waals surface area contributed by atoms with Crippen molar-refractivity contribution < 1.29 is 24.2 Å². The van der Waals surface area contributed by atoms with Crippen LogP contribution in [-0.2, 0) is 16.1 Å². The molecule has 0 saturated heterocycles. The molecule has 1 amide bonds. The second-order valence-electron chi connectivity index (χ2n) is 6.11. The number of hydrogen-bond acceptors (Lipinski definition) is 5. The number of amides is 1. The molecule has 8 nitrogen and oxygen atoms in total. The topological polar surface area (TPSA) is 125 Å². The standard InChI is InChI=1S/C20H23N3O5.2C2H6/c1-4-6-7-13(5-2)10-23-12(3)16(18(26)19(21)27)17-14(23)8-9-22-20(17)28-11-15(24)25;2*1-2/h5-9H,4,10-11H2,1-3H3,(H2,21,27)(H,24,25);2*1-2H3/b7-6-,13-5+;;. The van der Waals surface area contributed by atoms with Crippen LogP contribution in [0, 0.1) is 6.92 Å². The van der Waals surface area contributed by atoms with Gasteiger partial charge in [-0.15, -0.1) is 0 Å². The van der Waals surface area contributed by atoms with Gasteiger partial charge in [-0.25, -0.2) is 9.78 Å². The fraction of sp³-hybridized carbons (Fsp3) is 0.417. The summed E-state index contributed by atoms with van der Waals surface area (Å²) in [5.41, 5.74) is 7.43. The van der Waals surface area contributed by atoms with E-state index < -0.39 is 24.3 Å². The number of ketones is 1. The number of ether oxygens (including phenoxy) is 1. The van der Waals surface area contributed by atoms with E-state index in [2.05, 4.69) is 4.98 Å². The quantitative estimate of drug-likeness (QED) is 0.334. The third kappa shape index (κ3) is 7.08. The Bertz CT molecular complexity index is 987. The molecule has 8 heteroatoms. The molecule has 2 aromatic heterocycles. The highest BCUT2D eigenvalue weighted by Gasteiger charge is 2.27. The molecule has 0 aliphatic rings. The highest BCUT2D eigenvalue weighted by Crippen LogP contribution is 2.33. The van der Waals surface area contributed by atoms with E-state index in [0.29, 0.717) is 17.8 Å². The van der Waals surface area contributed by atoms with Gasteiger partial charge in [0, 0.05) is 18.4 Å². The summed E-state index contributed by atoms with van der Waals surface area (Å²) in [4.78, 5) is 39.0. The molecular weight excluding hydrogens is 410 g/mol. The van der Waals surface area contributed by atoms with Gasteiger partial charge in [0.15, 0.2) is 6.61 Å². The fourth-order valence-electron chi connectivity index (χ4n) is 2.93. The molecule has 0 saturated carbocycles. The molecule has 0 unspecified atom stereocenters. The van der Waals surface area contributed by atoms with Crippen LogP contribution >= 0.6 is 0 Å². The molecule has 0 spiro atoms. The number of primary amides is 1. The van der Waals surface area contributed by atoms with E-state index in [1.807, 2.05) is 64.3 Å². The first-order valence-electron chi connectivity index (χ1n) is 10.8. The Morgan fingerprint density at radius 1 is 1.22 bits per heavy atom. The van der Waals surface area contributed by atoms with Gasteiger partial charge < -0.3 is 20.1 Å². The summed E-state index contributed by atoms with van der Waals surface area (Å²) >= 11 is 0. The summed E-state index contributed by atoms with van der Waals surface area (Å²) in [5, 5.41) is 9.17. The van der Waals surface area contributed by atoms with E-state index in [-0.39, 0.29) is 16.8 Å². The highest BCUT2D eigenvalue weighted by molar-refractivity contribution is 6.45. The maximum absolute atomic E-state index is 12.5. The molecular formula is C24H35N3O5. The number of aliphatic carboxylic acids is 1. The van der Waals surface area contributed by atoms with Crippen LogP contribution < -0.4 is 10.5 Å². The highest BCUT2D eigenvalue weighted by atomic mass is 16.5. The maximum Gasteiger partial charge on any atom is 0.341 e. The first-order valence-corrected chi connectivity index (χ1v) is 10.8. The lowest BCUT2D eigenvalue weighted by Gasteiger charge is -2.10. The molecule has 0 radical (unpaired) electrons. The first-order chi connectivity index (χ1) is 15.3. The minimum Gasteiger partial charge on any atom is -0.479 e. The average Bonchev–Trinajstić information content (AvgIpc) is 3.08. The molecule has 3 N–H and O–H groups in total. The number of carboxylic acid groups (broad SMARTS) is 1. The van der Waals surface area contributed by atoms with Crippen LogP contribution in [0.25, 0.3) is 10.9 Å². The third-order valence-electron chi connectivity index (χ3n) is 4.26. The predicted octanol–water partition coefficient (Wildman–Crippen LogP) is 4.44. The van der Waals surface area contributed by atoms with Crippen LogP contribution in [0.4, 0.5) is 0 Å².